The zero-order valence-corrected chi connectivity index (χ0v) is 15.7. The quantitative estimate of drug-likeness (QED) is 0.559. The number of imide groups is 1. The van der Waals surface area contributed by atoms with Crippen molar-refractivity contribution in [1.82, 2.24) is 10.3 Å². The van der Waals surface area contributed by atoms with E-state index in [4.69, 9.17) is 4.42 Å². The molecule has 3 aromatic carbocycles. The fraction of sp³-hybridized carbons (Fsp3) is 0.136. The lowest BCUT2D eigenvalue weighted by atomic mass is 10.0. The normalized spacial score (nSPS) is 16.8. The summed E-state index contributed by atoms with van der Waals surface area (Å²) in [4.78, 5) is 27.8. The highest BCUT2D eigenvalue weighted by atomic mass is 32.2. The summed E-state index contributed by atoms with van der Waals surface area (Å²) in [5.74, 6) is 0.429. The van der Waals surface area contributed by atoms with Crippen LogP contribution >= 0.6 is 11.8 Å². The number of amides is 2. The topological polar surface area (TPSA) is 72.2 Å². The minimum absolute atomic E-state index is 0.230. The van der Waals surface area contributed by atoms with Crippen molar-refractivity contribution in [2.45, 2.75) is 18.1 Å². The van der Waals surface area contributed by atoms with E-state index in [1.807, 2.05) is 36.4 Å². The number of carbonyl (C=O) groups excluding carboxylic acids is 2. The molecule has 5 nitrogen and oxygen atoms in total. The summed E-state index contributed by atoms with van der Waals surface area (Å²) < 4.78 is 5.93. The van der Waals surface area contributed by atoms with Gasteiger partial charge in [-0.25, -0.2) is 4.98 Å². The molecule has 2 amide bonds. The molecule has 0 saturated carbocycles. The second-order valence-corrected chi connectivity index (χ2v) is 7.99. The molecule has 1 unspecified atom stereocenters. The van der Waals surface area contributed by atoms with Crippen molar-refractivity contribution in [3.63, 3.8) is 0 Å². The standard InChI is InChI=1S/C22H16N2O3S/c25-21-19(28-22(26)24-21)11-13-8-9-18-17(10-13)23-20(27-18)12-15-6-3-5-14-4-1-2-7-16(14)15/h1-10,19H,11-12H2,(H,24,25,26). The fourth-order valence-electron chi connectivity index (χ4n) is 3.57. The molecule has 0 spiro atoms. The zero-order valence-electron chi connectivity index (χ0n) is 14.8. The van der Waals surface area contributed by atoms with Crippen molar-refractivity contribution in [2.24, 2.45) is 0 Å². The first kappa shape index (κ1) is 17.0. The van der Waals surface area contributed by atoms with Crippen LogP contribution in [0.25, 0.3) is 21.9 Å². The Labute approximate surface area is 165 Å². The number of aromatic nitrogens is 1. The molecule has 1 aliphatic rings. The molecule has 1 fully saturated rings. The van der Waals surface area contributed by atoms with Gasteiger partial charge in [-0.15, -0.1) is 0 Å². The van der Waals surface area contributed by atoms with E-state index in [0.717, 1.165) is 28.4 Å². The van der Waals surface area contributed by atoms with E-state index in [9.17, 15) is 9.59 Å². The van der Waals surface area contributed by atoms with E-state index >= 15 is 0 Å². The minimum atomic E-state index is -0.382. The number of nitrogens with one attached hydrogen (secondary N) is 1. The average molecular weight is 388 g/mol. The molecular formula is C22H16N2O3S. The van der Waals surface area contributed by atoms with Crippen molar-refractivity contribution < 1.29 is 14.0 Å². The van der Waals surface area contributed by atoms with Crippen LogP contribution in [0.15, 0.2) is 65.1 Å². The maximum Gasteiger partial charge on any atom is 0.286 e. The number of oxazole rings is 1. The van der Waals surface area contributed by atoms with Crippen molar-refractivity contribution in [2.75, 3.05) is 0 Å². The van der Waals surface area contributed by atoms with E-state index in [1.54, 1.807) is 0 Å². The summed E-state index contributed by atoms with van der Waals surface area (Å²) in [6.07, 6.45) is 1.10. The summed E-state index contributed by atoms with van der Waals surface area (Å²) in [7, 11) is 0. The van der Waals surface area contributed by atoms with Crippen LogP contribution in [-0.2, 0) is 17.6 Å². The molecule has 1 saturated heterocycles. The highest BCUT2D eigenvalue weighted by Gasteiger charge is 2.31. The maximum atomic E-state index is 11.8. The first-order chi connectivity index (χ1) is 13.7. The van der Waals surface area contributed by atoms with Crippen molar-refractivity contribution in [1.29, 1.82) is 0 Å². The van der Waals surface area contributed by atoms with E-state index in [2.05, 4.69) is 34.6 Å². The second-order valence-electron chi connectivity index (χ2n) is 6.81. The molecule has 1 N–H and O–H groups in total. The van der Waals surface area contributed by atoms with Gasteiger partial charge >= 0.3 is 0 Å². The molecule has 1 aromatic heterocycles. The van der Waals surface area contributed by atoms with E-state index in [1.165, 1.54) is 16.3 Å². The first-order valence-electron chi connectivity index (χ1n) is 9.02. The number of hydrogen-bond acceptors (Lipinski definition) is 5. The summed E-state index contributed by atoms with van der Waals surface area (Å²) in [5.41, 5.74) is 3.61. The van der Waals surface area contributed by atoms with Gasteiger partial charge in [0.2, 0.25) is 5.91 Å². The largest absolute Gasteiger partial charge is 0.440 e. The third kappa shape index (κ3) is 3.16. The molecule has 4 aromatic rings. The Bertz CT molecular complexity index is 1230. The number of benzene rings is 3. The zero-order chi connectivity index (χ0) is 19.1. The highest BCUT2D eigenvalue weighted by Crippen LogP contribution is 2.26. The van der Waals surface area contributed by atoms with Gasteiger partial charge in [-0.3, -0.25) is 14.9 Å². The molecule has 28 heavy (non-hydrogen) atoms. The SMILES string of the molecule is O=C1NC(=O)C(Cc2ccc3oc(Cc4cccc5ccccc45)nc3c2)S1. The Kier molecular flexibility index (Phi) is 4.13. The molecule has 1 atom stereocenters. The summed E-state index contributed by atoms with van der Waals surface area (Å²) in [6, 6.07) is 20.2. The van der Waals surface area contributed by atoms with E-state index < -0.39 is 0 Å². The third-order valence-electron chi connectivity index (χ3n) is 4.91. The van der Waals surface area contributed by atoms with Gasteiger partial charge in [0.25, 0.3) is 5.24 Å². The van der Waals surface area contributed by atoms with Gasteiger partial charge in [-0.1, -0.05) is 60.3 Å². The van der Waals surface area contributed by atoms with Crippen LogP contribution in [0.1, 0.15) is 17.0 Å². The average Bonchev–Trinajstić information content (AvgIpc) is 3.23. The monoisotopic (exact) mass is 388 g/mol. The first-order valence-corrected chi connectivity index (χ1v) is 9.90. The Morgan fingerprint density at radius 1 is 1.04 bits per heavy atom. The lowest BCUT2D eigenvalue weighted by Crippen LogP contribution is -2.25. The molecule has 1 aliphatic heterocycles. The molecule has 0 bridgehead atoms. The molecular weight excluding hydrogens is 372 g/mol. The molecule has 138 valence electrons. The lowest BCUT2D eigenvalue weighted by molar-refractivity contribution is -0.118. The summed E-state index contributed by atoms with van der Waals surface area (Å²) in [5, 5.41) is 4.05. The lowest BCUT2D eigenvalue weighted by Gasteiger charge is -2.04. The Morgan fingerprint density at radius 3 is 2.75 bits per heavy atom. The van der Waals surface area contributed by atoms with Gasteiger partial charge in [0.1, 0.15) is 5.52 Å². The number of hydrogen-bond donors (Lipinski definition) is 1. The van der Waals surface area contributed by atoms with Crippen LogP contribution in [0.5, 0.6) is 0 Å². The predicted molar refractivity (Wildman–Crippen MR) is 109 cm³/mol. The number of rotatable bonds is 4. The Hall–Kier alpha value is -3.12. The molecule has 5 rings (SSSR count). The Morgan fingerprint density at radius 2 is 1.89 bits per heavy atom. The van der Waals surface area contributed by atoms with E-state index in [-0.39, 0.29) is 16.4 Å². The van der Waals surface area contributed by atoms with Gasteiger partial charge in [0.15, 0.2) is 11.5 Å². The van der Waals surface area contributed by atoms with Gasteiger partial charge < -0.3 is 4.42 Å². The van der Waals surface area contributed by atoms with E-state index in [0.29, 0.717) is 18.7 Å². The Balaban J connectivity index is 1.42. The van der Waals surface area contributed by atoms with Crippen LogP contribution in [0, 0.1) is 0 Å². The van der Waals surface area contributed by atoms with Crippen LogP contribution in [-0.4, -0.2) is 21.4 Å². The number of thioether (sulfide) groups is 1. The van der Waals surface area contributed by atoms with Crippen molar-refractivity contribution >= 4 is 44.8 Å². The number of fused-ring (bicyclic) bond motifs is 2. The smallest absolute Gasteiger partial charge is 0.286 e. The molecule has 2 heterocycles. The van der Waals surface area contributed by atoms with Crippen molar-refractivity contribution in [3.05, 3.63) is 77.7 Å². The van der Waals surface area contributed by atoms with Crippen LogP contribution in [0.2, 0.25) is 0 Å². The van der Waals surface area contributed by atoms with Crippen molar-refractivity contribution in [3.8, 4) is 0 Å². The van der Waals surface area contributed by atoms with Gasteiger partial charge in [-0.2, -0.15) is 0 Å². The second kappa shape index (κ2) is 6.80. The highest BCUT2D eigenvalue weighted by molar-refractivity contribution is 8.15. The summed E-state index contributed by atoms with van der Waals surface area (Å²) in [6.45, 7) is 0. The summed E-state index contributed by atoms with van der Waals surface area (Å²) >= 11 is 1.04. The fourth-order valence-corrected chi connectivity index (χ4v) is 4.43. The molecule has 6 heteroatoms. The van der Waals surface area contributed by atoms with Crippen LogP contribution in [0.4, 0.5) is 4.79 Å². The van der Waals surface area contributed by atoms with Crippen LogP contribution in [0.3, 0.4) is 0 Å². The van der Waals surface area contributed by atoms with Gasteiger partial charge in [0, 0.05) is 0 Å². The molecule has 0 aliphatic carbocycles. The maximum absolute atomic E-state index is 11.8. The van der Waals surface area contributed by atoms with Gasteiger partial charge in [0.05, 0.1) is 11.7 Å². The van der Waals surface area contributed by atoms with Gasteiger partial charge in [-0.05, 0) is 40.5 Å². The van der Waals surface area contributed by atoms with Crippen LogP contribution < -0.4 is 5.32 Å². The number of nitrogens with zero attached hydrogens (tertiary/aromatic N) is 1. The number of carbonyl (C=O) groups is 2. The predicted octanol–water partition coefficient (Wildman–Crippen LogP) is 4.47. The minimum Gasteiger partial charge on any atom is -0.440 e. The third-order valence-corrected chi connectivity index (χ3v) is 5.89. The molecule has 0 radical (unpaired) electrons.